The van der Waals surface area contributed by atoms with Gasteiger partial charge in [0.05, 0.1) is 5.92 Å². The van der Waals surface area contributed by atoms with Crippen molar-refractivity contribution in [1.82, 2.24) is 15.5 Å². The summed E-state index contributed by atoms with van der Waals surface area (Å²) in [7, 11) is 3.81. The maximum Gasteiger partial charge on any atom is 0.265 e. The fraction of sp³-hybridized carbons (Fsp3) is 0.750. The van der Waals surface area contributed by atoms with Gasteiger partial charge in [0.2, 0.25) is 5.89 Å². The minimum absolute atomic E-state index is 0. The van der Waals surface area contributed by atoms with E-state index in [2.05, 4.69) is 15.5 Å². The first-order chi connectivity index (χ1) is 6.27. The Balaban J connectivity index is 0.000000980. The van der Waals surface area contributed by atoms with Gasteiger partial charge >= 0.3 is 0 Å². The fourth-order valence-electron chi connectivity index (χ4n) is 1.44. The molecular formula is C8H15ClN4O. The van der Waals surface area contributed by atoms with Crippen molar-refractivity contribution in [1.29, 1.82) is 0 Å². The Morgan fingerprint density at radius 2 is 2.29 bits per heavy atom. The summed E-state index contributed by atoms with van der Waals surface area (Å²) in [5.41, 5.74) is 0. The average Bonchev–Trinajstić information content (AvgIpc) is 2.75. The number of rotatable bonds is 2. The normalized spacial score (nSPS) is 20.6. The molecular weight excluding hydrogens is 204 g/mol. The topological polar surface area (TPSA) is 54.2 Å². The first-order valence-electron chi connectivity index (χ1n) is 4.49. The van der Waals surface area contributed by atoms with E-state index in [1.165, 1.54) is 0 Å². The van der Waals surface area contributed by atoms with Crippen LogP contribution in [-0.4, -0.2) is 37.3 Å². The largest absolute Gasteiger partial charge is 0.344 e. The first kappa shape index (κ1) is 11.3. The lowest BCUT2D eigenvalue weighted by Crippen LogP contribution is -2.11. The zero-order valence-corrected chi connectivity index (χ0v) is 9.17. The molecule has 1 N–H and O–H groups in total. The van der Waals surface area contributed by atoms with E-state index in [0.29, 0.717) is 11.9 Å². The van der Waals surface area contributed by atoms with Crippen molar-refractivity contribution in [2.75, 3.05) is 32.1 Å². The Morgan fingerprint density at radius 1 is 1.50 bits per heavy atom. The number of halogens is 1. The van der Waals surface area contributed by atoms with Gasteiger partial charge in [0.15, 0.2) is 0 Å². The second-order valence-corrected chi connectivity index (χ2v) is 3.52. The van der Waals surface area contributed by atoms with Crippen molar-refractivity contribution in [2.45, 2.75) is 12.3 Å². The van der Waals surface area contributed by atoms with Crippen molar-refractivity contribution >= 4 is 18.4 Å². The average molecular weight is 219 g/mol. The Hall–Kier alpha value is -0.810. The standard InChI is InChI=1S/C8H14N4O.ClH/c1-12(2)8-10-7(13-11-8)6-3-4-9-5-6;/h6,9H,3-5H2,1-2H3;1H/t6-;/m1./s1. The molecule has 1 atom stereocenters. The van der Waals surface area contributed by atoms with Gasteiger partial charge < -0.3 is 14.7 Å². The van der Waals surface area contributed by atoms with E-state index >= 15 is 0 Å². The lowest BCUT2D eigenvalue weighted by molar-refractivity contribution is 0.358. The van der Waals surface area contributed by atoms with Crippen LogP contribution in [0.15, 0.2) is 4.52 Å². The van der Waals surface area contributed by atoms with E-state index < -0.39 is 0 Å². The van der Waals surface area contributed by atoms with Crippen LogP contribution in [0.3, 0.4) is 0 Å². The summed E-state index contributed by atoms with van der Waals surface area (Å²) in [6.07, 6.45) is 1.09. The maximum atomic E-state index is 5.17. The summed E-state index contributed by atoms with van der Waals surface area (Å²) in [5, 5.41) is 7.14. The maximum absolute atomic E-state index is 5.17. The van der Waals surface area contributed by atoms with Crippen molar-refractivity contribution in [3.8, 4) is 0 Å². The number of hydrogen-bond donors (Lipinski definition) is 1. The molecule has 0 bridgehead atoms. The summed E-state index contributed by atoms with van der Waals surface area (Å²) in [6.45, 7) is 2.00. The highest BCUT2D eigenvalue weighted by Crippen LogP contribution is 2.21. The van der Waals surface area contributed by atoms with Gasteiger partial charge in [-0.3, -0.25) is 0 Å². The molecule has 1 aromatic heterocycles. The summed E-state index contributed by atoms with van der Waals surface area (Å²) in [6, 6.07) is 0. The van der Waals surface area contributed by atoms with Crippen LogP contribution in [0, 0.1) is 0 Å². The van der Waals surface area contributed by atoms with E-state index in [-0.39, 0.29) is 12.4 Å². The monoisotopic (exact) mass is 218 g/mol. The molecule has 0 spiro atoms. The summed E-state index contributed by atoms with van der Waals surface area (Å²) >= 11 is 0. The number of aromatic nitrogens is 2. The Bertz CT molecular complexity index is 283. The van der Waals surface area contributed by atoms with E-state index in [1.807, 2.05) is 19.0 Å². The van der Waals surface area contributed by atoms with Gasteiger partial charge in [-0.2, -0.15) is 4.98 Å². The molecule has 0 unspecified atom stereocenters. The lowest BCUT2D eigenvalue weighted by atomic mass is 10.1. The molecule has 80 valence electrons. The molecule has 0 aromatic carbocycles. The first-order valence-corrected chi connectivity index (χ1v) is 4.49. The lowest BCUT2D eigenvalue weighted by Gasteiger charge is -2.03. The summed E-state index contributed by atoms with van der Waals surface area (Å²) in [5.74, 6) is 1.82. The fourth-order valence-corrected chi connectivity index (χ4v) is 1.44. The number of nitrogens with one attached hydrogen (secondary N) is 1. The molecule has 1 aliphatic rings. The molecule has 0 saturated carbocycles. The number of hydrogen-bond acceptors (Lipinski definition) is 5. The molecule has 1 fully saturated rings. The minimum atomic E-state index is 0. The zero-order chi connectivity index (χ0) is 9.26. The van der Waals surface area contributed by atoms with Crippen molar-refractivity contribution < 1.29 is 4.52 Å². The molecule has 1 saturated heterocycles. The number of anilines is 1. The van der Waals surface area contributed by atoms with Crippen LogP contribution < -0.4 is 10.2 Å². The van der Waals surface area contributed by atoms with Gasteiger partial charge in [-0.15, -0.1) is 12.4 Å². The van der Waals surface area contributed by atoms with Crippen LogP contribution in [0.4, 0.5) is 5.95 Å². The van der Waals surface area contributed by atoms with Gasteiger partial charge in [0.1, 0.15) is 0 Å². The number of nitrogens with zero attached hydrogens (tertiary/aromatic N) is 3. The molecule has 5 nitrogen and oxygen atoms in total. The predicted octanol–water partition coefficient (Wildman–Crippen LogP) is 0.634. The van der Waals surface area contributed by atoms with Gasteiger partial charge in [-0.05, 0) is 18.1 Å². The van der Waals surface area contributed by atoms with E-state index in [4.69, 9.17) is 4.52 Å². The summed E-state index contributed by atoms with van der Waals surface area (Å²) in [4.78, 5) is 6.14. The Morgan fingerprint density at radius 3 is 2.79 bits per heavy atom. The van der Waals surface area contributed by atoms with Crippen LogP contribution in [0.1, 0.15) is 18.2 Å². The molecule has 14 heavy (non-hydrogen) atoms. The molecule has 2 heterocycles. The van der Waals surface area contributed by atoms with Crippen LogP contribution in [-0.2, 0) is 0 Å². The third kappa shape index (κ3) is 2.16. The van der Waals surface area contributed by atoms with Gasteiger partial charge in [0, 0.05) is 20.6 Å². The predicted molar refractivity (Wildman–Crippen MR) is 56.1 cm³/mol. The highest BCUT2D eigenvalue weighted by atomic mass is 35.5. The minimum Gasteiger partial charge on any atom is -0.344 e. The van der Waals surface area contributed by atoms with Gasteiger partial charge in [-0.25, -0.2) is 0 Å². The Kier molecular flexibility index (Phi) is 3.71. The summed E-state index contributed by atoms with van der Waals surface area (Å²) < 4.78 is 5.17. The van der Waals surface area contributed by atoms with Gasteiger partial charge in [-0.1, -0.05) is 0 Å². The SMILES string of the molecule is CN(C)c1noc([C@@H]2CCNC2)n1.Cl. The van der Waals surface area contributed by atoms with Crippen molar-refractivity contribution in [3.63, 3.8) is 0 Å². The van der Waals surface area contributed by atoms with Crippen LogP contribution >= 0.6 is 12.4 Å². The zero-order valence-electron chi connectivity index (χ0n) is 8.36. The second kappa shape index (κ2) is 4.61. The van der Waals surface area contributed by atoms with Crippen LogP contribution in [0.25, 0.3) is 0 Å². The van der Waals surface area contributed by atoms with E-state index in [1.54, 1.807) is 0 Å². The van der Waals surface area contributed by atoms with E-state index in [9.17, 15) is 0 Å². The molecule has 0 radical (unpaired) electrons. The molecule has 0 aliphatic carbocycles. The van der Waals surface area contributed by atoms with Gasteiger partial charge in [0.25, 0.3) is 5.95 Å². The third-order valence-electron chi connectivity index (χ3n) is 2.24. The molecule has 0 amide bonds. The molecule has 2 rings (SSSR count). The van der Waals surface area contributed by atoms with Crippen LogP contribution in [0.2, 0.25) is 0 Å². The van der Waals surface area contributed by atoms with Crippen LogP contribution in [0.5, 0.6) is 0 Å². The molecule has 6 heteroatoms. The quantitative estimate of drug-likeness (QED) is 0.790. The third-order valence-corrected chi connectivity index (χ3v) is 2.24. The van der Waals surface area contributed by atoms with Crippen molar-refractivity contribution in [2.24, 2.45) is 0 Å². The molecule has 1 aliphatic heterocycles. The smallest absolute Gasteiger partial charge is 0.265 e. The van der Waals surface area contributed by atoms with Crippen molar-refractivity contribution in [3.05, 3.63) is 5.89 Å². The molecule has 1 aromatic rings. The van der Waals surface area contributed by atoms with E-state index in [0.717, 1.165) is 25.4 Å². The second-order valence-electron chi connectivity index (χ2n) is 3.52. The Labute approximate surface area is 89.3 Å². The highest BCUT2D eigenvalue weighted by Gasteiger charge is 2.22. The highest BCUT2D eigenvalue weighted by molar-refractivity contribution is 5.85.